The van der Waals surface area contributed by atoms with Gasteiger partial charge in [-0.1, -0.05) is 18.2 Å². The van der Waals surface area contributed by atoms with Gasteiger partial charge < -0.3 is 26.1 Å². The number of methoxy groups -OCH3 is 1. The van der Waals surface area contributed by atoms with E-state index in [2.05, 4.69) is 20.6 Å². The minimum absolute atomic E-state index is 0.292. The summed E-state index contributed by atoms with van der Waals surface area (Å²) in [6.45, 7) is 0. The lowest BCUT2D eigenvalue weighted by molar-refractivity contribution is 0.0997. The Labute approximate surface area is 172 Å². The molecule has 0 radical (unpaired) electrons. The summed E-state index contributed by atoms with van der Waals surface area (Å²) in [5.41, 5.74) is 9.07. The van der Waals surface area contributed by atoms with Gasteiger partial charge in [-0.05, 0) is 42.0 Å². The minimum atomic E-state index is -0.567. The van der Waals surface area contributed by atoms with Crippen LogP contribution in [0, 0.1) is 0 Å². The van der Waals surface area contributed by atoms with E-state index in [0.717, 1.165) is 10.9 Å². The lowest BCUT2D eigenvalue weighted by Crippen LogP contribution is -2.19. The van der Waals surface area contributed by atoms with Crippen molar-refractivity contribution in [3.63, 3.8) is 0 Å². The summed E-state index contributed by atoms with van der Waals surface area (Å²) in [6.07, 6.45) is 1.64. The molecule has 30 heavy (non-hydrogen) atoms. The number of nitrogens with two attached hydrogens (primary N) is 1. The SMILES string of the molecule is COc1cccc(NC(=O)Nc2ccc(-c3c(C(N)=O)[nH]c4ncccc34)cc2)c1. The van der Waals surface area contributed by atoms with Crippen LogP contribution >= 0.6 is 0 Å². The molecule has 5 N–H and O–H groups in total. The van der Waals surface area contributed by atoms with Gasteiger partial charge in [0.15, 0.2) is 0 Å². The zero-order chi connectivity index (χ0) is 21.1. The summed E-state index contributed by atoms with van der Waals surface area (Å²) in [6, 6.07) is 17.5. The van der Waals surface area contributed by atoms with Gasteiger partial charge in [0.25, 0.3) is 5.91 Å². The molecule has 8 nitrogen and oxygen atoms in total. The molecule has 2 heterocycles. The second-order valence-corrected chi connectivity index (χ2v) is 6.53. The molecule has 0 aliphatic rings. The molecule has 0 spiro atoms. The number of nitrogens with zero attached hydrogens (tertiary/aromatic N) is 1. The number of H-pyrrole nitrogens is 1. The summed E-state index contributed by atoms with van der Waals surface area (Å²) in [4.78, 5) is 31.4. The highest BCUT2D eigenvalue weighted by atomic mass is 16.5. The molecule has 0 aliphatic heterocycles. The molecule has 150 valence electrons. The van der Waals surface area contributed by atoms with Crippen molar-refractivity contribution >= 4 is 34.3 Å². The lowest BCUT2D eigenvalue weighted by atomic mass is 10.0. The Hall–Kier alpha value is -4.33. The fourth-order valence-electron chi connectivity index (χ4n) is 3.22. The predicted molar refractivity (Wildman–Crippen MR) is 116 cm³/mol. The standard InChI is InChI=1S/C22H19N5O3/c1-30-16-5-2-4-15(12-16)26-22(29)25-14-9-7-13(8-10-14)18-17-6-3-11-24-21(17)27-19(18)20(23)28/h2-12H,1H3,(H2,23,28)(H,24,27)(H2,25,26,29). The molecule has 0 saturated carbocycles. The molecule has 0 bridgehead atoms. The molecular weight excluding hydrogens is 382 g/mol. The Morgan fingerprint density at radius 2 is 1.77 bits per heavy atom. The number of aromatic nitrogens is 2. The number of nitrogens with one attached hydrogen (secondary N) is 3. The number of ether oxygens (including phenoxy) is 1. The number of carbonyl (C=O) groups is 2. The van der Waals surface area contributed by atoms with Crippen molar-refractivity contribution in [2.75, 3.05) is 17.7 Å². The molecule has 0 saturated heterocycles. The van der Waals surface area contributed by atoms with E-state index >= 15 is 0 Å². The zero-order valence-electron chi connectivity index (χ0n) is 16.1. The second kappa shape index (κ2) is 7.96. The number of anilines is 2. The number of benzene rings is 2. The van der Waals surface area contributed by atoms with Crippen molar-refractivity contribution in [3.05, 3.63) is 72.6 Å². The van der Waals surface area contributed by atoms with E-state index in [1.165, 1.54) is 0 Å². The van der Waals surface area contributed by atoms with Crippen LogP contribution < -0.4 is 21.1 Å². The monoisotopic (exact) mass is 401 g/mol. The predicted octanol–water partition coefficient (Wildman–Crippen LogP) is 3.98. The number of hydrogen-bond donors (Lipinski definition) is 4. The molecule has 4 aromatic rings. The van der Waals surface area contributed by atoms with E-state index < -0.39 is 5.91 Å². The summed E-state index contributed by atoms with van der Waals surface area (Å²) >= 11 is 0. The van der Waals surface area contributed by atoms with Crippen molar-refractivity contribution in [1.29, 1.82) is 0 Å². The molecule has 0 unspecified atom stereocenters. The molecule has 2 aromatic heterocycles. The molecule has 0 fully saturated rings. The Kier molecular flexibility index (Phi) is 5.04. The largest absolute Gasteiger partial charge is 0.497 e. The van der Waals surface area contributed by atoms with Gasteiger partial charge in [0.2, 0.25) is 0 Å². The van der Waals surface area contributed by atoms with Gasteiger partial charge in [0.1, 0.15) is 17.1 Å². The van der Waals surface area contributed by atoms with Gasteiger partial charge in [-0.3, -0.25) is 4.79 Å². The third-order valence-electron chi connectivity index (χ3n) is 4.58. The third-order valence-corrected chi connectivity index (χ3v) is 4.58. The topological polar surface area (TPSA) is 122 Å². The number of aromatic amines is 1. The number of hydrogen-bond acceptors (Lipinski definition) is 4. The molecule has 4 rings (SSSR count). The summed E-state index contributed by atoms with van der Waals surface area (Å²) < 4.78 is 5.15. The highest BCUT2D eigenvalue weighted by Crippen LogP contribution is 2.32. The first-order valence-electron chi connectivity index (χ1n) is 9.14. The normalized spacial score (nSPS) is 10.6. The van der Waals surface area contributed by atoms with Crippen molar-refractivity contribution in [1.82, 2.24) is 9.97 Å². The first-order chi connectivity index (χ1) is 14.5. The van der Waals surface area contributed by atoms with Crippen LogP contribution in [-0.4, -0.2) is 29.0 Å². The second-order valence-electron chi connectivity index (χ2n) is 6.53. The van der Waals surface area contributed by atoms with Crippen LogP contribution in [0.1, 0.15) is 10.5 Å². The van der Waals surface area contributed by atoms with Crippen LogP contribution in [0.2, 0.25) is 0 Å². The average Bonchev–Trinajstić information content (AvgIpc) is 3.14. The average molecular weight is 401 g/mol. The Balaban J connectivity index is 1.55. The first kappa shape index (κ1) is 19.0. The van der Waals surface area contributed by atoms with Crippen LogP contribution in [0.5, 0.6) is 5.75 Å². The van der Waals surface area contributed by atoms with Crippen molar-refractivity contribution in [2.45, 2.75) is 0 Å². The minimum Gasteiger partial charge on any atom is -0.497 e. The fraction of sp³-hybridized carbons (Fsp3) is 0.0455. The van der Waals surface area contributed by atoms with Crippen molar-refractivity contribution in [3.8, 4) is 16.9 Å². The quantitative estimate of drug-likeness (QED) is 0.404. The maximum absolute atomic E-state index is 12.3. The zero-order valence-corrected chi connectivity index (χ0v) is 16.1. The van der Waals surface area contributed by atoms with Crippen molar-refractivity contribution < 1.29 is 14.3 Å². The van der Waals surface area contributed by atoms with Crippen LogP contribution in [0.4, 0.5) is 16.2 Å². The highest BCUT2D eigenvalue weighted by molar-refractivity contribution is 6.08. The van der Waals surface area contributed by atoms with E-state index in [1.807, 2.05) is 18.2 Å². The van der Waals surface area contributed by atoms with Gasteiger partial charge in [-0.2, -0.15) is 0 Å². The highest BCUT2D eigenvalue weighted by Gasteiger charge is 2.17. The van der Waals surface area contributed by atoms with E-state index in [4.69, 9.17) is 10.5 Å². The van der Waals surface area contributed by atoms with Gasteiger partial charge in [-0.15, -0.1) is 0 Å². The Morgan fingerprint density at radius 3 is 2.50 bits per heavy atom. The summed E-state index contributed by atoms with van der Waals surface area (Å²) in [7, 11) is 1.56. The first-order valence-corrected chi connectivity index (χ1v) is 9.14. The number of primary amides is 1. The number of amides is 3. The van der Waals surface area contributed by atoms with E-state index in [0.29, 0.717) is 34.0 Å². The van der Waals surface area contributed by atoms with E-state index in [-0.39, 0.29) is 6.03 Å². The molecule has 0 atom stereocenters. The smallest absolute Gasteiger partial charge is 0.323 e. The van der Waals surface area contributed by atoms with E-state index in [9.17, 15) is 9.59 Å². The van der Waals surface area contributed by atoms with Crippen LogP contribution in [0.25, 0.3) is 22.2 Å². The number of rotatable bonds is 5. The van der Waals surface area contributed by atoms with Crippen molar-refractivity contribution in [2.24, 2.45) is 5.73 Å². The molecule has 8 heteroatoms. The fourth-order valence-corrected chi connectivity index (χ4v) is 3.22. The lowest BCUT2D eigenvalue weighted by Gasteiger charge is -2.10. The number of urea groups is 1. The van der Waals surface area contributed by atoms with Gasteiger partial charge in [0, 0.05) is 34.6 Å². The summed E-state index contributed by atoms with van der Waals surface area (Å²) in [5.74, 6) is 0.0819. The number of fused-ring (bicyclic) bond motifs is 1. The molecular formula is C22H19N5O3. The molecule has 0 aliphatic carbocycles. The molecule has 2 aromatic carbocycles. The van der Waals surface area contributed by atoms with Crippen LogP contribution in [0.15, 0.2) is 66.9 Å². The number of carbonyl (C=O) groups excluding carboxylic acids is 2. The van der Waals surface area contributed by atoms with Gasteiger partial charge >= 0.3 is 6.03 Å². The van der Waals surface area contributed by atoms with Crippen LogP contribution in [-0.2, 0) is 0 Å². The Bertz CT molecular complexity index is 1230. The van der Waals surface area contributed by atoms with E-state index in [1.54, 1.807) is 55.8 Å². The number of pyridine rings is 1. The Morgan fingerprint density at radius 1 is 1.00 bits per heavy atom. The maximum atomic E-state index is 12.3. The van der Waals surface area contributed by atoms with Crippen LogP contribution in [0.3, 0.4) is 0 Å². The third kappa shape index (κ3) is 3.79. The maximum Gasteiger partial charge on any atom is 0.323 e. The summed E-state index contributed by atoms with van der Waals surface area (Å²) in [5, 5.41) is 6.32. The van der Waals surface area contributed by atoms with Gasteiger partial charge in [0.05, 0.1) is 7.11 Å². The molecule has 3 amide bonds. The van der Waals surface area contributed by atoms with Gasteiger partial charge in [-0.25, -0.2) is 9.78 Å².